The lowest BCUT2D eigenvalue weighted by Gasteiger charge is -1.82. The minimum absolute atomic E-state index is 0.232. The van der Waals surface area contributed by atoms with Gasteiger partial charge in [0.25, 0.3) is 5.69 Å². The molecule has 1 aromatic heterocycles. The number of hydrogen-bond donors (Lipinski definition) is 0. The SMILES string of the molecule is O=Cc1sc([N+](=O)[O-])cc1[N+](=O)[O-]. The zero-order valence-corrected chi connectivity index (χ0v) is 6.82. The molecule has 0 N–H and O–H groups in total. The van der Waals surface area contributed by atoms with E-state index in [-0.39, 0.29) is 11.2 Å². The van der Waals surface area contributed by atoms with E-state index in [4.69, 9.17) is 0 Å². The van der Waals surface area contributed by atoms with Crippen molar-refractivity contribution >= 4 is 28.3 Å². The Morgan fingerprint density at radius 3 is 2.23 bits per heavy atom. The van der Waals surface area contributed by atoms with Crippen LogP contribution in [0.5, 0.6) is 0 Å². The van der Waals surface area contributed by atoms with Gasteiger partial charge in [-0.2, -0.15) is 0 Å². The van der Waals surface area contributed by atoms with Crippen LogP contribution in [0.15, 0.2) is 6.07 Å². The first-order chi connectivity index (χ1) is 6.06. The Kier molecular flexibility index (Phi) is 2.33. The molecule has 1 heterocycles. The van der Waals surface area contributed by atoms with Gasteiger partial charge in [0.1, 0.15) is 6.07 Å². The van der Waals surface area contributed by atoms with Gasteiger partial charge < -0.3 is 0 Å². The summed E-state index contributed by atoms with van der Waals surface area (Å²) in [5.41, 5.74) is -0.522. The molecule has 0 unspecified atom stereocenters. The van der Waals surface area contributed by atoms with E-state index < -0.39 is 20.5 Å². The summed E-state index contributed by atoms with van der Waals surface area (Å²) in [6.45, 7) is 0. The molecule has 1 aromatic rings. The molecule has 0 fully saturated rings. The maximum absolute atomic E-state index is 10.3. The van der Waals surface area contributed by atoms with Crippen LogP contribution in [0.25, 0.3) is 0 Å². The van der Waals surface area contributed by atoms with Gasteiger partial charge in [-0.15, -0.1) is 0 Å². The number of hydrogen-bond acceptors (Lipinski definition) is 6. The van der Waals surface area contributed by atoms with Crippen LogP contribution in [-0.2, 0) is 0 Å². The number of carbonyl (C=O) groups is 1. The Morgan fingerprint density at radius 1 is 1.31 bits per heavy atom. The molecule has 1 rings (SSSR count). The molecule has 68 valence electrons. The molecule has 0 saturated heterocycles. The Balaban J connectivity index is 3.27. The standard InChI is InChI=1S/C5H2N2O5S/c8-2-4-3(6(9)10)1-5(13-4)7(11)12/h1-2H. The molecule has 13 heavy (non-hydrogen) atoms. The monoisotopic (exact) mass is 202 g/mol. The molecule has 8 heteroatoms. The first kappa shape index (κ1) is 9.26. The third-order valence-corrected chi connectivity index (χ3v) is 2.21. The fourth-order valence-corrected chi connectivity index (χ4v) is 1.46. The molecule has 0 atom stereocenters. The van der Waals surface area contributed by atoms with Crippen molar-refractivity contribution in [3.8, 4) is 0 Å². The molecule has 0 spiro atoms. The van der Waals surface area contributed by atoms with Crippen LogP contribution in [0.3, 0.4) is 0 Å². The van der Waals surface area contributed by atoms with Gasteiger partial charge >= 0.3 is 5.00 Å². The average molecular weight is 202 g/mol. The van der Waals surface area contributed by atoms with Gasteiger partial charge in [0, 0.05) is 0 Å². The molecule has 0 aliphatic heterocycles. The quantitative estimate of drug-likeness (QED) is 0.418. The normalized spacial score (nSPS) is 9.54. The lowest BCUT2D eigenvalue weighted by atomic mass is 10.4. The average Bonchev–Trinajstić information content (AvgIpc) is 2.47. The highest BCUT2D eigenvalue weighted by Crippen LogP contribution is 2.32. The van der Waals surface area contributed by atoms with E-state index in [1.165, 1.54) is 0 Å². The zero-order valence-electron chi connectivity index (χ0n) is 6.00. The molecule has 0 radical (unpaired) electrons. The lowest BCUT2D eigenvalue weighted by Crippen LogP contribution is -1.88. The van der Waals surface area contributed by atoms with Crippen molar-refractivity contribution in [3.05, 3.63) is 31.2 Å². The first-order valence-corrected chi connectivity index (χ1v) is 3.75. The molecule has 0 bridgehead atoms. The molecular formula is C5H2N2O5S. The smallest absolute Gasteiger partial charge is 0.297 e. The van der Waals surface area contributed by atoms with Crippen molar-refractivity contribution in [1.82, 2.24) is 0 Å². The van der Waals surface area contributed by atoms with E-state index >= 15 is 0 Å². The van der Waals surface area contributed by atoms with Gasteiger partial charge in [0.15, 0.2) is 11.2 Å². The predicted octanol–water partition coefficient (Wildman–Crippen LogP) is 1.38. The lowest BCUT2D eigenvalue weighted by molar-refractivity contribution is -0.390. The second-order valence-corrected chi connectivity index (χ2v) is 3.03. The summed E-state index contributed by atoms with van der Waals surface area (Å²) >= 11 is 0.487. The van der Waals surface area contributed by atoms with Gasteiger partial charge in [-0.3, -0.25) is 25.0 Å². The minimum atomic E-state index is -0.826. The summed E-state index contributed by atoms with van der Waals surface area (Å²) < 4.78 is 0. The highest BCUT2D eigenvalue weighted by atomic mass is 32.1. The Bertz CT molecular complexity index is 384. The van der Waals surface area contributed by atoms with Gasteiger partial charge in [-0.05, 0) is 0 Å². The van der Waals surface area contributed by atoms with Crippen molar-refractivity contribution in [1.29, 1.82) is 0 Å². The summed E-state index contributed by atoms with van der Waals surface area (Å²) in [4.78, 5) is 28.8. The molecule has 0 aromatic carbocycles. The molecule has 0 saturated carbocycles. The molecule has 0 amide bonds. The summed E-state index contributed by atoms with van der Waals surface area (Å²) in [5, 5.41) is 20.0. The van der Waals surface area contributed by atoms with E-state index in [1.54, 1.807) is 0 Å². The van der Waals surface area contributed by atoms with E-state index in [0.717, 1.165) is 6.07 Å². The highest BCUT2D eigenvalue weighted by molar-refractivity contribution is 7.17. The van der Waals surface area contributed by atoms with Crippen molar-refractivity contribution in [2.45, 2.75) is 0 Å². The number of thiophene rings is 1. The Labute approximate surface area is 74.9 Å². The maximum atomic E-state index is 10.3. The summed E-state index contributed by atoms with van der Waals surface area (Å²) in [6, 6.07) is 0.772. The topological polar surface area (TPSA) is 103 Å². The van der Waals surface area contributed by atoms with E-state index in [9.17, 15) is 25.0 Å². The second kappa shape index (κ2) is 3.27. The van der Waals surface area contributed by atoms with E-state index in [1.807, 2.05) is 0 Å². The maximum Gasteiger partial charge on any atom is 0.331 e. The van der Waals surface area contributed by atoms with Crippen molar-refractivity contribution in [2.24, 2.45) is 0 Å². The van der Waals surface area contributed by atoms with Crippen LogP contribution in [0.2, 0.25) is 0 Å². The van der Waals surface area contributed by atoms with Crippen molar-refractivity contribution in [2.75, 3.05) is 0 Å². The van der Waals surface area contributed by atoms with Crippen LogP contribution >= 0.6 is 11.3 Å². The van der Waals surface area contributed by atoms with Gasteiger partial charge in [0.2, 0.25) is 0 Å². The molecular weight excluding hydrogens is 200 g/mol. The number of rotatable bonds is 3. The highest BCUT2D eigenvalue weighted by Gasteiger charge is 2.23. The number of nitrogens with zero attached hydrogens (tertiary/aromatic N) is 2. The second-order valence-electron chi connectivity index (χ2n) is 1.97. The van der Waals surface area contributed by atoms with Crippen LogP contribution in [0.4, 0.5) is 10.7 Å². The molecule has 7 nitrogen and oxygen atoms in total. The largest absolute Gasteiger partial charge is 0.331 e. The zero-order chi connectivity index (χ0) is 10.0. The van der Waals surface area contributed by atoms with Crippen LogP contribution in [0.1, 0.15) is 9.67 Å². The summed E-state index contributed by atoms with van der Waals surface area (Å²) in [5.74, 6) is 0. The molecule has 0 aliphatic rings. The summed E-state index contributed by atoms with van der Waals surface area (Å²) in [6.07, 6.45) is 0.232. The van der Waals surface area contributed by atoms with Crippen molar-refractivity contribution < 1.29 is 14.6 Å². The Hall–Kier alpha value is -1.83. The number of carbonyl (C=O) groups excluding carboxylic acids is 1. The van der Waals surface area contributed by atoms with Crippen LogP contribution in [-0.4, -0.2) is 16.1 Å². The van der Waals surface area contributed by atoms with Gasteiger partial charge in [0.05, 0.1) is 9.85 Å². The van der Waals surface area contributed by atoms with Crippen molar-refractivity contribution in [3.63, 3.8) is 0 Å². The van der Waals surface area contributed by atoms with E-state index in [0.29, 0.717) is 11.3 Å². The van der Waals surface area contributed by atoms with Crippen LogP contribution in [0, 0.1) is 20.2 Å². The predicted molar refractivity (Wildman–Crippen MR) is 43.0 cm³/mol. The fraction of sp³-hybridized carbons (Fsp3) is 0. The fourth-order valence-electron chi connectivity index (χ4n) is 0.700. The minimum Gasteiger partial charge on any atom is -0.297 e. The first-order valence-electron chi connectivity index (χ1n) is 2.94. The third kappa shape index (κ3) is 1.67. The van der Waals surface area contributed by atoms with E-state index in [2.05, 4.69) is 0 Å². The van der Waals surface area contributed by atoms with Gasteiger partial charge in [-0.1, -0.05) is 11.3 Å². The Morgan fingerprint density at radius 2 is 1.92 bits per heavy atom. The van der Waals surface area contributed by atoms with Gasteiger partial charge in [-0.25, -0.2) is 0 Å². The number of aldehydes is 1. The molecule has 0 aliphatic carbocycles. The number of nitro groups is 2. The summed E-state index contributed by atoms with van der Waals surface area (Å²) in [7, 11) is 0. The van der Waals surface area contributed by atoms with Crippen LogP contribution < -0.4 is 0 Å². The third-order valence-electron chi connectivity index (χ3n) is 1.21.